The molecule has 1 aromatic carbocycles. The molecular formula is C16H23NO3. The predicted octanol–water partition coefficient (Wildman–Crippen LogP) is 2.37. The number of rotatable bonds is 5. The number of aliphatic hydroxyl groups is 1. The molecule has 0 unspecified atom stereocenters. The Bertz CT molecular complexity index is 465. The van der Waals surface area contributed by atoms with Crippen molar-refractivity contribution in [3.63, 3.8) is 0 Å². The average molecular weight is 277 g/mol. The summed E-state index contributed by atoms with van der Waals surface area (Å²) in [5.41, 5.74) is -0.281. The Kier molecular flexibility index (Phi) is 4.65. The van der Waals surface area contributed by atoms with E-state index >= 15 is 0 Å². The van der Waals surface area contributed by atoms with Gasteiger partial charge in [0.25, 0.3) is 5.91 Å². The van der Waals surface area contributed by atoms with Crippen molar-refractivity contribution in [1.82, 2.24) is 5.32 Å². The van der Waals surface area contributed by atoms with Gasteiger partial charge in [0.15, 0.2) is 0 Å². The van der Waals surface area contributed by atoms with Crippen LogP contribution in [0.5, 0.6) is 5.75 Å². The SMILES string of the molecule is COc1cccc(C(=O)NC[C@@](C)(O)C2CCCC2)c1. The molecule has 20 heavy (non-hydrogen) atoms. The summed E-state index contributed by atoms with van der Waals surface area (Å²) in [5, 5.41) is 13.3. The van der Waals surface area contributed by atoms with Crippen LogP contribution in [0, 0.1) is 5.92 Å². The largest absolute Gasteiger partial charge is 0.497 e. The minimum Gasteiger partial charge on any atom is -0.497 e. The second-order valence-corrected chi connectivity index (χ2v) is 5.75. The lowest BCUT2D eigenvalue weighted by molar-refractivity contribution is 0.00284. The van der Waals surface area contributed by atoms with Crippen LogP contribution in [-0.2, 0) is 0 Å². The molecule has 1 aliphatic carbocycles. The number of ether oxygens (including phenoxy) is 1. The predicted molar refractivity (Wildman–Crippen MR) is 77.9 cm³/mol. The summed E-state index contributed by atoms with van der Waals surface area (Å²) in [6, 6.07) is 7.01. The fraction of sp³-hybridized carbons (Fsp3) is 0.562. The first-order valence-electron chi connectivity index (χ1n) is 7.17. The van der Waals surface area contributed by atoms with Crippen molar-refractivity contribution in [1.29, 1.82) is 0 Å². The average Bonchev–Trinajstić information content (AvgIpc) is 3.00. The number of benzene rings is 1. The first-order valence-corrected chi connectivity index (χ1v) is 7.17. The van der Waals surface area contributed by atoms with E-state index in [9.17, 15) is 9.90 Å². The highest BCUT2D eigenvalue weighted by Gasteiger charge is 2.34. The molecule has 0 heterocycles. The standard InChI is InChI=1S/C16H23NO3/c1-16(19,13-7-3-4-8-13)11-17-15(18)12-6-5-9-14(10-12)20-2/h5-6,9-10,13,19H,3-4,7-8,11H2,1-2H3,(H,17,18)/t16-/m1/s1. The zero-order valence-electron chi connectivity index (χ0n) is 12.2. The van der Waals surface area contributed by atoms with Crippen molar-refractivity contribution in [2.24, 2.45) is 5.92 Å². The molecule has 1 fully saturated rings. The van der Waals surface area contributed by atoms with Gasteiger partial charge in [-0.1, -0.05) is 18.9 Å². The summed E-state index contributed by atoms with van der Waals surface area (Å²) in [6.07, 6.45) is 4.43. The van der Waals surface area contributed by atoms with Gasteiger partial charge in [-0.3, -0.25) is 4.79 Å². The van der Waals surface area contributed by atoms with Gasteiger partial charge in [-0.15, -0.1) is 0 Å². The fourth-order valence-electron chi connectivity index (χ4n) is 2.82. The van der Waals surface area contributed by atoms with Crippen molar-refractivity contribution in [2.45, 2.75) is 38.2 Å². The molecule has 1 saturated carbocycles. The molecule has 2 rings (SSSR count). The first-order chi connectivity index (χ1) is 9.53. The molecule has 0 aliphatic heterocycles. The van der Waals surface area contributed by atoms with Gasteiger partial charge in [-0.25, -0.2) is 0 Å². The van der Waals surface area contributed by atoms with Crippen LogP contribution in [0.25, 0.3) is 0 Å². The van der Waals surface area contributed by atoms with E-state index < -0.39 is 5.60 Å². The van der Waals surface area contributed by atoms with Crippen molar-refractivity contribution in [3.8, 4) is 5.75 Å². The Morgan fingerprint density at radius 3 is 2.80 bits per heavy atom. The van der Waals surface area contributed by atoms with E-state index in [4.69, 9.17) is 4.74 Å². The van der Waals surface area contributed by atoms with Crippen molar-refractivity contribution in [2.75, 3.05) is 13.7 Å². The van der Waals surface area contributed by atoms with Crippen LogP contribution in [0.4, 0.5) is 0 Å². The second kappa shape index (κ2) is 6.27. The lowest BCUT2D eigenvalue weighted by atomic mass is 9.87. The number of hydrogen-bond donors (Lipinski definition) is 2. The number of amides is 1. The molecule has 4 nitrogen and oxygen atoms in total. The molecule has 1 aliphatic rings. The van der Waals surface area contributed by atoms with Gasteiger partial charge in [0.05, 0.1) is 12.7 Å². The normalized spacial score (nSPS) is 18.6. The van der Waals surface area contributed by atoms with Crippen LogP contribution < -0.4 is 10.1 Å². The van der Waals surface area contributed by atoms with Crippen LogP contribution in [0.2, 0.25) is 0 Å². The quantitative estimate of drug-likeness (QED) is 0.868. The third kappa shape index (κ3) is 3.51. The van der Waals surface area contributed by atoms with E-state index in [-0.39, 0.29) is 18.4 Å². The first kappa shape index (κ1) is 14.9. The summed E-state index contributed by atoms with van der Waals surface area (Å²) in [5.74, 6) is 0.760. The molecule has 2 N–H and O–H groups in total. The van der Waals surface area contributed by atoms with E-state index in [1.807, 2.05) is 6.92 Å². The maximum Gasteiger partial charge on any atom is 0.251 e. The van der Waals surface area contributed by atoms with E-state index in [0.717, 1.165) is 12.8 Å². The van der Waals surface area contributed by atoms with Crippen molar-refractivity contribution in [3.05, 3.63) is 29.8 Å². The highest BCUT2D eigenvalue weighted by molar-refractivity contribution is 5.94. The van der Waals surface area contributed by atoms with Gasteiger partial charge in [-0.2, -0.15) is 0 Å². The highest BCUT2D eigenvalue weighted by Crippen LogP contribution is 2.33. The number of carbonyl (C=O) groups is 1. The highest BCUT2D eigenvalue weighted by atomic mass is 16.5. The number of nitrogens with one attached hydrogen (secondary N) is 1. The van der Waals surface area contributed by atoms with Crippen LogP contribution in [-0.4, -0.2) is 30.3 Å². The van der Waals surface area contributed by atoms with E-state index in [0.29, 0.717) is 11.3 Å². The molecule has 1 atom stereocenters. The third-order valence-electron chi connectivity index (χ3n) is 4.17. The molecular weight excluding hydrogens is 254 g/mol. The Hall–Kier alpha value is -1.55. The lowest BCUT2D eigenvalue weighted by Gasteiger charge is -2.30. The van der Waals surface area contributed by atoms with Gasteiger partial charge in [0.2, 0.25) is 0 Å². The smallest absolute Gasteiger partial charge is 0.251 e. The zero-order valence-corrected chi connectivity index (χ0v) is 12.2. The van der Waals surface area contributed by atoms with E-state index in [1.165, 1.54) is 12.8 Å². The van der Waals surface area contributed by atoms with E-state index in [2.05, 4.69) is 5.32 Å². The molecule has 0 radical (unpaired) electrons. The Morgan fingerprint density at radius 1 is 1.45 bits per heavy atom. The zero-order chi connectivity index (χ0) is 14.6. The summed E-state index contributed by atoms with van der Waals surface area (Å²) >= 11 is 0. The summed E-state index contributed by atoms with van der Waals surface area (Å²) in [7, 11) is 1.57. The molecule has 0 saturated heterocycles. The second-order valence-electron chi connectivity index (χ2n) is 5.75. The van der Waals surface area contributed by atoms with Crippen LogP contribution in [0.15, 0.2) is 24.3 Å². The minimum absolute atomic E-state index is 0.179. The van der Waals surface area contributed by atoms with Crippen LogP contribution in [0.1, 0.15) is 43.0 Å². The number of methoxy groups -OCH3 is 1. The topological polar surface area (TPSA) is 58.6 Å². The lowest BCUT2D eigenvalue weighted by Crippen LogP contribution is -2.45. The van der Waals surface area contributed by atoms with Crippen molar-refractivity contribution < 1.29 is 14.6 Å². The Balaban J connectivity index is 1.94. The molecule has 110 valence electrons. The fourth-order valence-corrected chi connectivity index (χ4v) is 2.82. The molecule has 1 aromatic rings. The molecule has 4 heteroatoms. The van der Waals surface area contributed by atoms with Gasteiger partial charge < -0.3 is 15.2 Å². The summed E-state index contributed by atoms with van der Waals surface area (Å²) < 4.78 is 5.10. The van der Waals surface area contributed by atoms with Gasteiger partial charge in [0.1, 0.15) is 5.75 Å². The number of carbonyl (C=O) groups excluding carboxylic acids is 1. The molecule has 0 aromatic heterocycles. The van der Waals surface area contributed by atoms with Crippen molar-refractivity contribution >= 4 is 5.91 Å². The molecule has 0 spiro atoms. The third-order valence-corrected chi connectivity index (χ3v) is 4.17. The van der Waals surface area contributed by atoms with E-state index in [1.54, 1.807) is 31.4 Å². The van der Waals surface area contributed by atoms with Gasteiger partial charge in [-0.05, 0) is 43.9 Å². The van der Waals surface area contributed by atoms with Crippen LogP contribution >= 0.6 is 0 Å². The Labute approximate surface area is 120 Å². The maximum atomic E-state index is 12.1. The van der Waals surface area contributed by atoms with Gasteiger partial charge >= 0.3 is 0 Å². The Morgan fingerprint density at radius 2 is 2.15 bits per heavy atom. The molecule has 0 bridgehead atoms. The number of hydrogen-bond acceptors (Lipinski definition) is 3. The maximum absolute atomic E-state index is 12.1. The van der Waals surface area contributed by atoms with Crippen LogP contribution in [0.3, 0.4) is 0 Å². The van der Waals surface area contributed by atoms with Gasteiger partial charge in [0, 0.05) is 12.1 Å². The minimum atomic E-state index is -0.828. The summed E-state index contributed by atoms with van der Waals surface area (Å²) in [4.78, 5) is 12.1. The monoisotopic (exact) mass is 277 g/mol. The summed E-state index contributed by atoms with van der Waals surface area (Å²) in [6.45, 7) is 2.10. The molecule has 1 amide bonds.